The van der Waals surface area contributed by atoms with Gasteiger partial charge >= 0.3 is 5.97 Å². The van der Waals surface area contributed by atoms with Crippen molar-refractivity contribution in [2.24, 2.45) is 0 Å². The Labute approximate surface area is 206 Å². The van der Waals surface area contributed by atoms with Crippen molar-refractivity contribution in [3.8, 4) is 0 Å². The molecule has 2 heterocycles. The molecule has 2 aromatic carbocycles. The van der Waals surface area contributed by atoms with Crippen molar-refractivity contribution in [1.82, 2.24) is 9.80 Å². The average Bonchev–Trinajstić information content (AvgIpc) is 3.44. The number of amides is 2. The van der Waals surface area contributed by atoms with Crippen LogP contribution in [0.3, 0.4) is 0 Å². The van der Waals surface area contributed by atoms with E-state index in [1.54, 1.807) is 41.3 Å². The van der Waals surface area contributed by atoms with E-state index in [0.29, 0.717) is 22.6 Å². The lowest BCUT2D eigenvalue weighted by molar-refractivity contribution is -0.131. The summed E-state index contributed by atoms with van der Waals surface area (Å²) >= 11 is 5.59. The van der Waals surface area contributed by atoms with Crippen molar-refractivity contribution >= 4 is 40.8 Å². The van der Waals surface area contributed by atoms with E-state index in [1.807, 2.05) is 0 Å². The number of nitrogens with zero attached hydrogens (tertiary/aromatic N) is 2. The lowest BCUT2D eigenvalue weighted by Crippen LogP contribution is -2.37. The fourth-order valence-electron chi connectivity index (χ4n) is 3.75. The Morgan fingerprint density at radius 1 is 1.09 bits per heavy atom. The Hall–Kier alpha value is -4.05. The third kappa shape index (κ3) is 5.55. The maximum Gasteiger partial charge on any atom is 0.337 e. The Balaban J connectivity index is 1.50. The summed E-state index contributed by atoms with van der Waals surface area (Å²) in [4.78, 5) is 40.8. The molecule has 180 valence electrons. The highest BCUT2D eigenvalue weighted by molar-refractivity contribution is 7.80. The normalized spacial score (nSPS) is 15.4. The summed E-state index contributed by atoms with van der Waals surface area (Å²) in [5, 5.41) is 3.00. The first-order valence-electron chi connectivity index (χ1n) is 10.7. The van der Waals surface area contributed by atoms with E-state index >= 15 is 0 Å². The van der Waals surface area contributed by atoms with E-state index in [0.717, 1.165) is 0 Å². The van der Waals surface area contributed by atoms with E-state index in [9.17, 15) is 18.8 Å². The quantitative estimate of drug-likeness (QED) is 0.376. The zero-order chi connectivity index (χ0) is 24.9. The number of halogens is 1. The van der Waals surface area contributed by atoms with E-state index in [2.05, 4.69) is 10.1 Å². The summed E-state index contributed by atoms with van der Waals surface area (Å²) in [6.07, 6.45) is 1.37. The van der Waals surface area contributed by atoms with Gasteiger partial charge in [-0.1, -0.05) is 12.1 Å². The first kappa shape index (κ1) is 24.1. The number of ether oxygens (including phenoxy) is 1. The summed E-state index contributed by atoms with van der Waals surface area (Å²) in [6, 6.07) is 14.7. The second-order valence-corrected chi connectivity index (χ2v) is 8.24. The molecule has 4 rings (SSSR count). The van der Waals surface area contributed by atoms with Gasteiger partial charge in [-0.15, -0.1) is 0 Å². The van der Waals surface area contributed by atoms with Gasteiger partial charge in [0.2, 0.25) is 5.91 Å². The summed E-state index contributed by atoms with van der Waals surface area (Å²) < 4.78 is 23.4. The Bertz CT molecular complexity index is 1230. The van der Waals surface area contributed by atoms with E-state index < -0.39 is 17.9 Å². The van der Waals surface area contributed by atoms with Crippen LogP contribution in [0.5, 0.6) is 0 Å². The van der Waals surface area contributed by atoms with Crippen molar-refractivity contribution in [3.63, 3.8) is 0 Å². The van der Waals surface area contributed by atoms with E-state index in [-0.39, 0.29) is 36.3 Å². The van der Waals surface area contributed by atoms with Crippen LogP contribution in [0.25, 0.3) is 0 Å². The lowest BCUT2D eigenvalue weighted by atomic mass is 10.1. The van der Waals surface area contributed by atoms with Crippen LogP contribution in [0.15, 0.2) is 71.3 Å². The van der Waals surface area contributed by atoms with Gasteiger partial charge in [-0.25, -0.2) is 9.18 Å². The van der Waals surface area contributed by atoms with Gasteiger partial charge < -0.3 is 19.4 Å². The van der Waals surface area contributed by atoms with Crippen molar-refractivity contribution < 1.29 is 27.9 Å². The van der Waals surface area contributed by atoms with Crippen LogP contribution in [-0.4, -0.2) is 45.8 Å². The molecule has 10 heteroatoms. The molecule has 1 aliphatic heterocycles. The topological polar surface area (TPSA) is 92.1 Å². The number of nitrogens with one attached hydrogen (secondary N) is 1. The Kier molecular flexibility index (Phi) is 7.21. The first-order chi connectivity index (χ1) is 16.9. The molecule has 1 fully saturated rings. The Morgan fingerprint density at radius 3 is 2.43 bits per heavy atom. The van der Waals surface area contributed by atoms with Crippen molar-refractivity contribution in [2.45, 2.75) is 25.6 Å². The van der Waals surface area contributed by atoms with Crippen molar-refractivity contribution in [1.29, 1.82) is 0 Å². The highest BCUT2D eigenvalue weighted by Crippen LogP contribution is 2.26. The first-order valence-corrected chi connectivity index (χ1v) is 11.1. The number of methoxy groups -OCH3 is 1. The van der Waals surface area contributed by atoms with Gasteiger partial charge in [0.05, 0.1) is 38.4 Å². The SMILES string of the molecule is COC(=O)c1ccc(NC(=O)C[C@@H]2C(=O)N(Cc3ccc(F)cc3)C(=S)N2Cc2ccco2)cc1. The van der Waals surface area contributed by atoms with Gasteiger partial charge in [-0.05, 0) is 66.3 Å². The van der Waals surface area contributed by atoms with Crippen molar-refractivity contribution in [2.75, 3.05) is 12.4 Å². The molecule has 3 aromatic rings. The third-order valence-corrected chi connectivity index (χ3v) is 5.99. The molecule has 1 aromatic heterocycles. The lowest BCUT2D eigenvalue weighted by Gasteiger charge is -2.22. The smallest absolute Gasteiger partial charge is 0.337 e. The third-order valence-electron chi connectivity index (χ3n) is 5.53. The number of furan rings is 1. The minimum Gasteiger partial charge on any atom is -0.467 e. The maximum absolute atomic E-state index is 13.3. The van der Waals surface area contributed by atoms with Gasteiger partial charge in [0.15, 0.2) is 5.11 Å². The molecule has 1 saturated heterocycles. The number of anilines is 1. The van der Waals surface area contributed by atoms with Crippen LogP contribution in [0, 0.1) is 5.82 Å². The summed E-state index contributed by atoms with van der Waals surface area (Å²) in [7, 11) is 1.29. The molecular weight excluding hydrogens is 473 g/mol. The molecule has 1 N–H and O–H groups in total. The minimum atomic E-state index is -0.845. The van der Waals surface area contributed by atoms with Gasteiger partial charge in [-0.3, -0.25) is 14.5 Å². The zero-order valence-electron chi connectivity index (χ0n) is 18.8. The van der Waals surface area contributed by atoms with Crippen molar-refractivity contribution in [3.05, 3.63) is 89.6 Å². The van der Waals surface area contributed by atoms with E-state index in [1.165, 1.54) is 42.5 Å². The number of esters is 1. The predicted octanol–water partition coefficient (Wildman–Crippen LogP) is 3.73. The van der Waals surface area contributed by atoms with E-state index in [4.69, 9.17) is 16.6 Å². The highest BCUT2D eigenvalue weighted by Gasteiger charge is 2.43. The van der Waals surface area contributed by atoms with Gasteiger partial charge in [0, 0.05) is 5.69 Å². The number of carbonyl (C=O) groups excluding carboxylic acids is 3. The molecule has 2 amide bonds. The number of benzene rings is 2. The van der Waals surface area contributed by atoms with Crippen LogP contribution >= 0.6 is 12.2 Å². The standard InChI is InChI=1S/C25H22FN3O5S/c1-33-24(32)17-6-10-19(11-7-17)27-22(30)13-21-23(31)29(14-16-4-8-18(26)9-5-16)25(35)28(21)15-20-3-2-12-34-20/h2-12,21H,13-15H2,1H3,(H,27,30)/t21-/m1/s1. The molecule has 0 aliphatic carbocycles. The molecule has 0 saturated carbocycles. The molecule has 0 bridgehead atoms. The van der Waals surface area contributed by atoms with Gasteiger partial charge in [0.1, 0.15) is 17.6 Å². The highest BCUT2D eigenvalue weighted by atomic mass is 32.1. The molecule has 35 heavy (non-hydrogen) atoms. The number of thiocarbonyl (C=S) groups is 1. The number of carbonyl (C=O) groups is 3. The second-order valence-electron chi connectivity index (χ2n) is 7.88. The molecule has 1 atom stereocenters. The molecule has 0 radical (unpaired) electrons. The van der Waals surface area contributed by atoms with Crippen LogP contribution < -0.4 is 5.32 Å². The fourth-order valence-corrected chi connectivity index (χ4v) is 4.10. The number of hydrogen-bond acceptors (Lipinski definition) is 6. The van der Waals surface area contributed by atoms with Gasteiger partial charge in [0.25, 0.3) is 5.91 Å². The molecule has 1 aliphatic rings. The molecule has 8 nitrogen and oxygen atoms in total. The number of rotatable bonds is 8. The van der Waals surface area contributed by atoms with Crippen LogP contribution in [0.1, 0.15) is 28.1 Å². The second kappa shape index (κ2) is 10.5. The minimum absolute atomic E-state index is 0.152. The van der Waals surface area contributed by atoms with Crippen LogP contribution in [0.2, 0.25) is 0 Å². The summed E-state index contributed by atoms with van der Waals surface area (Å²) in [6.45, 7) is 0.364. The average molecular weight is 496 g/mol. The van der Waals surface area contributed by atoms with Crippen LogP contribution in [-0.2, 0) is 27.4 Å². The molecule has 0 unspecified atom stereocenters. The maximum atomic E-state index is 13.3. The summed E-state index contributed by atoms with van der Waals surface area (Å²) in [5.74, 6) is -1.000. The monoisotopic (exact) mass is 495 g/mol. The number of hydrogen-bond donors (Lipinski definition) is 1. The van der Waals surface area contributed by atoms with Crippen LogP contribution in [0.4, 0.5) is 10.1 Å². The zero-order valence-corrected chi connectivity index (χ0v) is 19.6. The summed E-state index contributed by atoms with van der Waals surface area (Å²) in [5.41, 5.74) is 1.52. The fraction of sp³-hybridized carbons (Fsp3) is 0.200. The predicted molar refractivity (Wildman–Crippen MR) is 129 cm³/mol. The molecule has 0 spiro atoms. The van der Waals surface area contributed by atoms with Gasteiger partial charge in [-0.2, -0.15) is 0 Å². The molecular formula is C25H22FN3O5S. The largest absolute Gasteiger partial charge is 0.467 e. The Morgan fingerprint density at radius 2 is 1.80 bits per heavy atom.